The predicted molar refractivity (Wildman–Crippen MR) is 69.5 cm³/mol. The Morgan fingerprint density at radius 3 is 2.22 bits per heavy atom. The highest BCUT2D eigenvalue weighted by Crippen LogP contribution is 2.10. The van der Waals surface area contributed by atoms with E-state index in [-0.39, 0.29) is 12.3 Å². The summed E-state index contributed by atoms with van der Waals surface area (Å²) in [6.45, 7) is 0.169. The topological polar surface area (TPSA) is 55.8 Å². The van der Waals surface area contributed by atoms with Crippen LogP contribution in [-0.4, -0.2) is 46.8 Å². The van der Waals surface area contributed by atoms with Gasteiger partial charge in [-0.25, -0.2) is 8.42 Å². The van der Waals surface area contributed by atoms with Gasteiger partial charge in [0.1, 0.15) is 0 Å². The first-order chi connectivity index (χ1) is 8.49. The molecule has 18 heavy (non-hydrogen) atoms. The first-order valence-corrected chi connectivity index (χ1v) is 7.14. The molecule has 102 valence electrons. The summed E-state index contributed by atoms with van der Waals surface area (Å²) in [6.07, 6.45) is -0.555. The molecule has 0 saturated heterocycles. The van der Waals surface area contributed by atoms with E-state index in [1.54, 1.807) is 12.1 Å². The quantitative estimate of drug-likeness (QED) is 0.697. The molecule has 0 aliphatic carbocycles. The van der Waals surface area contributed by atoms with Crippen molar-refractivity contribution in [2.75, 3.05) is 27.8 Å². The van der Waals surface area contributed by atoms with E-state index in [9.17, 15) is 8.42 Å². The Morgan fingerprint density at radius 2 is 1.72 bits per heavy atom. The molecule has 0 atom stereocenters. The molecule has 1 rings (SSSR count). The lowest BCUT2D eigenvalue weighted by atomic mass is 10.2. The van der Waals surface area contributed by atoms with Crippen LogP contribution >= 0.6 is 0 Å². The van der Waals surface area contributed by atoms with Crippen LogP contribution in [0.5, 0.6) is 0 Å². The summed E-state index contributed by atoms with van der Waals surface area (Å²) in [6, 6.07) is 9.06. The van der Waals surface area contributed by atoms with Crippen molar-refractivity contribution in [1.29, 1.82) is 0 Å². The smallest absolute Gasteiger partial charge is 0.218 e. The normalized spacial score (nSPS) is 12.3. The standard InChI is InChI=1S/C12H19NO4S/c1-13(9-12(16-2)17-3)18(14,15)10-11-7-5-4-6-8-11/h4-8,12H,9-10H2,1-3H3. The largest absolute Gasteiger partial charge is 0.355 e. The summed E-state index contributed by atoms with van der Waals surface area (Å²) in [4.78, 5) is 0. The maximum absolute atomic E-state index is 12.1. The summed E-state index contributed by atoms with van der Waals surface area (Å²) in [5.74, 6) is -0.0233. The summed E-state index contributed by atoms with van der Waals surface area (Å²) in [5, 5.41) is 0. The zero-order valence-corrected chi connectivity index (χ0v) is 11.7. The third-order valence-electron chi connectivity index (χ3n) is 2.60. The van der Waals surface area contributed by atoms with Gasteiger partial charge in [-0.2, -0.15) is 4.31 Å². The monoisotopic (exact) mass is 273 g/mol. The zero-order chi connectivity index (χ0) is 13.6. The fourth-order valence-electron chi connectivity index (χ4n) is 1.46. The van der Waals surface area contributed by atoms with Crippen molar-refractivity contribution >= 4 is 10.0 Å². The number of hydrogen-bond donors (Lipinski definition) is 0. The molecule has 0 aliphatic rings. The van der Waals surface area contributed by atoms with Crippen molar-refractivity contribution < 1.29 is 17.9 Å². The molecular formula is C12H19NO4S. The van der Waals surface area contributed by atoms with Crippen LogP contribution in [0.4, 0.5) is 0 Å². The van der Waals surface area contributed by atoms with Gasteiger partial charge < -0.3 is 9.47 Å². The van der Waals surface area contributed by atoms with Gasteiger partial charge in [0.05, 0.1) is 12.3 Å². The Labute approximate surface area is 108 Å². The predicted octanol–water partition coefficient (Wildman–Crippen LogP) is 1.07. The molecule has 0 amide bonds. The molecular weight excluding hydrogens is 254 g/mol. The van der Waals surface area contributed by atoms with Crippen LogP contribution in [0.3, 0.4) is 0 Å². The van der Waals surface area contributed by atoms with Crippen molar-refractivity contribution in [2.45, 2.75) is 12.0 Å². The van der Waals surface area contributed by atoms with Crippen molar-refractivity contribution in [1.82, 2.24) is 4.31 Å². The SMILES string of the molecule is COC(CN(C)S(=O)(=O)Cc1ccccc1)OC. The minimum atomic E-state index is -3.36. The van der Waals surface area contributed by atoms with Crippen LogP contribution < -0.4 is 0 Å². The second kappa shape index (κ2) is 6.84. The zero-order valence-electron chi connectivity index (χ0n) is 10.9. The second-order valence-corrected chi connectivity index (χ2v) is 6.00. The second-order valence-electron chi connectivity index (χ2n) is 3.92. The number of rotatable bonds is 7. The Kier molecular flexibility index (Phi) is 5.74. The molecule has 0 radical (unpaired) electrons. The molecule has 5 nitrogen and oxygen atoms in total. The highest BCUT2D eigenvalue weighted by atomic mass is 32.2. The third kappa shape index (κ3) is 4.38. The molecule has 0 saturated carbocycles. The van der Waals surface area contributed by atoms with Gasteiger partial charge in [0.2, 0.25) is 10.0 Å². The summed E-state index contributed by atoms with van der Waals surface area (Å²) >= 11 is 0. The van der Waals surface area contributed by atoms with Gasteiger partial charge in [-0.15, -0.1) is 0 Å². The van der Waals surface area contributed by atoms with E-state index in [1.165, 1.54) is 25.6 Å². The first kappa shape index (κ1) is 15.1. The van der Waals surface area contributed by atoms with Crippen molar-refractivity contribution in [2.24, 2.45) is 0 Å². The van der Waals surface area contributed by atoms with E-state index in [0.717, 1.165) is 5.56 Å². The Hall–Kier alpha value is -0.950. The molecule has 0 fully saturated rings. The third-order valence-corrected chi connectivity index (χ3v) is 4.40. The summed E-state index contributed by atoms with van der Waals surface area (Å²) in [5.41, 5.74) is 0.760. The fraction of sp³-hybridized carbons (Fsp3) is 0.500. The molecule has 0 unspecified atom stereocenters. The highest BCUT2D eigenvalue weighted by molar-refractivity contribution is 7.88. The van der Waals surface area contributed by atoms with Gasteiger partial charge in [-0.05, 0) is 5.56 Å². The van der Waals surface area contributed by atoms with Crippen LogP contribution in [0.2, 0.25) is 0 Å². The lowest BCUT2D eigenvalue weighted by molar-refractivity contribution is -0.106. The lowest BCUT2D eigenvalue weighted by Gasteiger charge is -2.21. The number of sulfonamides is 1. The maximum atomic E-state index is 12.1. The number of hydrogen-bond acceptors (Lipinski definition) is 4. The van der Waals surface area contributed by atoms with E-state index in [4.69, 9.17) is 9.47 Å². The average Bonchev–Trinajstić information content (AvgIpc) is 2.36. The van der Waals surface area contributed by atoms with E-state index in [1.807, 2.05) is 18.2 Å². The van der Waals surface area contributed by atoms with Gasteiger partial charge in [0.25, 0.3) is 0 Å². The summed E-state index contributed by atoms with van der Waals surface area (Å²) in [7, 11) is 1.12. The Balaban J connectivity index is 2.69. The molecule has 0 heterocycles. The van der Waals surface area contributed by atoms with Gasteiger partial charge in [0, 0.05) is 21.3 Å². The minimum Gasteiger partial charge on any atom is -0.355 e. The van der Waals surface area contributed by atoms with Crippen molar-refractivity contribution in [3.8, 4) is 0 Å². The molecule has 6 heteroatoms. The number of likely N-dealkylation sites (N-methyl/N-ethyl adjacent to an activating group) is 1. The molecule has 0 aromatic heterocycles. The van der Waals surface area contributed by atoms with Crippen molar-refractivity contribution in [3.63, 3.8) is 0 Å². The van der Waals surface area contributed by atoms with Crippen molar-refractivity contribution in [3.05, 3.63) is 35.9 Å². The van der Waals surface area contributed by atoms with E-state index >= 15 is 0 Å². The molecule has 1 aromatic carbocycles. The minimum absolute atomic E-state index is 0.0233. The average molecular weight is 273 g/mol. The van der Waals surface area contributed by atoms with Crippen LogP contribution in [0, 0.1) is 0 Å². The van der Waals surface area contributed by atoms with Gasteiger partial charge in [0.15, 0.2) is 6.29 Å². The molecule has 0 aliphatic heterocycles. The van der Waals surface area contributed by atoms with Crippen LogP contribution in [0.15, 0.2) is 30.3 Å². The van der Waals surface area contributed by atoms with Crippen LogP contribution in [0.25, 0.3) is 0 Å². The highest BCUT2D eigenvalue weighted by Gasteiger charge is 2.21. The molecule has 0 bridgehead atoms. The number of benzene rings is 1. The Morgan fingerprint density at radius 1 is 1.17 bits per heavy atom. The fourth-order valence-corrected chi connectivity index (χ4v) is 2.65. The number of methoxy groups -OCH3 is 2. The maximum Gasteiger partial charge on any atom is 0.218 e. The van der Waals surface area contributed by atoms with Gasteiger partial charge >= 0.3 is 0 Å². The molecule has 1 aromatic rings. The number of ether oxygens (including phenoxy) is 2. The van der Waals surface area contributed by atoms with E-state index in [2.05, 4.69) is 0 Å². The van der Waals surface area contributed by atoms with Crippen LogP contribution in [-0.2, 0) is 25.2 Å². The number of nitrogens with zero attached hydrogens (tertiary/aromatic N) is 1. The first-order valence-electron chi connectivity index (χ1n) is 5.53. The van der Waals surface area contributed by atoms with E-state index in [0.29, 0.717) is 0 Å². The van der Waals surface area contributed by atoms with Gasteiger partial charge in [-0.3, -0.25) is 0 Å². The molecule has 0 N–H and O–H groups in total. The summed E-state index contributed by atoms with van der Waals surface area (Å²) < 4.78 is 35.4. The van der Waals surface area contributed by atoms with Crippen LogP contribution in [0.1, 0.15) is 5.56 Å². The van der Waals surface area contributed by atoms with Gasteiger partial charge in [-0.1, -0.05) is 30.3 Å². The molecule has 0 spiro atoms. The lowest BCUT2D eigenvalue weighted by Crippen LogP contribution is -2.36. The Bertz CT molecular complexity index is 442. The van der Waals surface area contributed by atoms with E-state index < -0.39 is 16.3 Å².